The number of hydrogen-bond donors (Lipinski definition) is 2. The van der Waals surface area contributed by atoms with E-state index < -0.39 is 4.92 Å². The number of carbonyl (C=O) groups excluding carboxylic acids is 1. The van der Waals surface area contributed by atoms with Gasteiger partial charge in [-0.3, -0.25) is 14.9 Å². The molecule has 0 aliphatic heterocycles. The third kappa shape index (κ3) is 4.28. The van der Waals surface area contributed by atoms with Crippen LogP contribution in [0.4, 0.5) is 11.4 Å². The molecular weight excluding hydrogens is 274 g/mol. The van der Waals surface area contributed by atoms with Gasteiger partial charge in [-0.15, -0.1) is 6.58 Å². The summed E-state index contributed by atoms with van der Waals surface area (Å²) in [5.41, 5.74) is 0.514. The number of anilines is 1. The Labute approximate surface area is 123 Å². The normalized spacial score (nSPS) is 10.0. The van der Waals surface area contributed by atoms with Crippen LogP contribution >= 0.6 is 0 Å². The van der Waals surface area contributed by atoms with Crippen LogP contribution in [-0.4, -0.2) is 42.2 Å². The van der Waals surface area contributed by atoms with Crippen molar-refractivity contribution in [2.24, 2.45) is 0 Å². The summed E-state index contributed by atoms with van der Waals surface area (Å²) in [5.74, 6) is -0.295. The molecule has 0 unspecified atom stereocenters. The van der Waals surface area contributed by atoms with Crippen molar-refractivity contribution in [3.8, 4) is 0 Å². The van der Waals surface area contributed by atoms with Gasteiger partial charge in [0.1, 0.15) is 5.69 Å². The number of aliphatic hydroxyl groups excluding tert-OH is 1. The fraction of sp³-hybridized carbons (Fsp3) is 0.357. The number of nitrogens with one attached hydrogen (secondary N) is 1. The van der Waals surface area contributed by atoms with Crippen LogP contribution in [0.15, 0.2) is 30.9 Å². The van der Waals surface area contributed by atoms with Gasteiger partial charge in [0.25, 0.3) is 11.6 Å². The highest BCUT2D eigenvalue weighted by Crippen LogP contribution is 2.29. The van der Waals surface area contributed by atoms with E-state index in [1.165, 1.54) is 18.2 Å². The predicted octanol–water partition coefficient (Wildman–Crippen LogP) is 1.33. The Bertz CT molecular complexity index is 531. The van der Waals surface area contributed by atoms with Crippen LogP contribution in [0, 0.1) is 10.1 Å². The molecule has 1 aromatic rings. The van der Waals surface area contributed by atoms with Crippen LogP contribution in [-0.2, 0) is 0 Å². The molecule has 0 bridgehead atoms. The number of rotatable bonds is 8. The monoisotopic (exact) mass is 293 g/mol. The van der Waals surface area contributed by atoms with Gasteiger partial charge < -0.3 is 15.3 Å². The first-order valence-electron chi connectivity index (χ1n) is 6.58. The molecule has 0 saturated carbocycles. The number of benzene rings is 1. The number of amides is 1. The summed E-state index contributed by atoms with van der Waals surface area (Å²) >= 11 is 0. The van der Waals surface area contributed by atoms with Crippen LogP contribution in [0.5, 0.6) is 0 Å². The van der Waals surface area contributed by atoms with Gasteiger partial charge in [-0.1, -0.05) is 6.08 Å². The fourth-order valence-electron chi connectivity index (χ4n) is 1.92. The molecule has 2 N–H and O–H groups in total. The molecule has 0 atom stereocenters. The molecule has 114 valence electrons. The lowest BCUT2D eigenvalue weighted by Gasteiger charge is -2.22. The van der Waals surface area contributed by atoms with Crippen molar-refractivity contribution in [1.82, 2.24) is 5.32 Å². The van der Waals surface area contributed by atoms with E-state index in [4.69, 9.17) is 5.11 Å². The molecular formula is C14H19N3O4. The largest absolute Gasteiger partial charge is 0.395 e. The lowest BCUT2D eigenvalue weighted by molar-refractivity contribution is -0.384. The van der Waals surface area contributed by atoms with Gasteiger partial charge in [-0.25, -0.2) is 0 Å². The van der Waals surface area contributed by atoms with Crippen molar-refractivity contribution in [2.75, 3.05) is 31.1 Å². The standard InChI is InChI=1S/C14H19N3O4/c1-3-7-16(8-9-18)13-10-11(14(19)15-4-2)5-6-12(13)17(20)21/h3,5-6,10,18H,1,4,7-9H2,2H3,(H,15,19). The first-order valence-corrected chi connectivity index (χ1v) is 6.58. The molecule has 0 saturated heterocycles. The van der Waals surface area contributed by atoms with E-state index >= 15 is 0 Å². The Balaban J connectivity index is 3.28. The van der Waals surface area contributed by atoms with Gasteiger partial charge in [-0.05, 0) is 19.1 Å². The maximum atomic E-state index is 11.8. The highest BCUT2D eigenvalue weighted by Gasteiger charge is 2.20. The quantitative estimate of drug-likeness (QED) is 0.428. The average molecular weight is 293 g/mol. The molecule has 0 aliphatic carbocycles. The number of nitro benzene ring substituents is 1. The lowest BCUT2D eigenvalue weighted by Crippen LogP contribution is -2.28. The van der Waals surface area contributed by atoms with Gasteiger partial charge >= 0.3 is 0 Å². The third-order valence-corrected chi connectivity index (χ3v) is 2.83. The third-order valence-electron chi connectivity index (χ3n) is 2.83. The Morgan fingerprint density at radius 1 is 1.57 bits per heavy atom. The van der Waals surface area contributed by atoms with E-state index in [1.54, 1.807) is 17.9 Å². The number of hydrogen-bond acceptors (Lipinski definition) is 5. The van der Waals surface area contributed by atoms with Gasteiger partial charge in [0.2, 0.25) is 0 Å². The van der Waals surface area contributed by atoms with Crippen LogP contribution in [0.25, 0.3) is 0 Å². The van der Waals surface area contributed by atoms with Gasteiger partial charge in [0.15, 0.2) is 0 Å². The number of nitrogens with zero attached hydrogens (tertiary/aromatic N) is 2. The zero-order valence-corrected chi connectivity index (χ0v) is 11.9. The smallest absolute Gasteiger partial charge is 0.292 e. The summed E-state index contributed by atoms with van der Waals surface area (Å²) < 4.78 is 0. The van der Waals surface area contributed by atoms with Crippen LogP contribution < -0.4 is 10.2 Å². The van der Waals surface area contributed by atoms with Gasteiger partial charge in [0.05, 0.1) is 11.5 Å². The molecule has 7 nitrogen and oxygen atoms in total. The topological polar surface area (TPSA) is 95.7 Å². The maximum absolute atomic E-state index is 11.8. The number of aliphatic hydroxyl groups is 1. The minimum atomic E-state index is -0.510. The van der Waals surface area contributed by atoms with Crippen LogP contribution in [0.3, 0.4) is 0 Å². The number of nitro groups is 1. The molecule has 1 amide bonds. The molecule has 0 spiro atoms. The predicted molar refractivity (Wildman–Crippen MR) is 80.6 cm³/mol. The molecule has 0 heterocycles. The fourth-order valence-corrected chi connectivity index (χ4v) is 1.92. The molecule has 1 aromatic carbocycles. The Hall–Kier alpha value is -2.41. The second-order valence-electron chi connectivity index (χ2n) is 4.28. The van der Waals surface area contributed by atoms with Crippen molar-refractivity contribution >= 4 is 17.3 Å². The second-order valence-corrected chi connectivity index (χ2v) is 4.28. The minimum Gasteiger partial charge on any atom is -0.395 e. The highest BCUT2D eigenvalue weighted by atomic mass is 16.6. The van der Waals surface area contributed by atoms with Crippen LogP contribution in [0.1, 0.15) is 17.3 Å². The number of carbonyl (C=O) groups is 1. The second kappa shape index (κ2) is 8.01. The molecule has 21 heavy (non-hydrogen) atoms. The van der Waals surface area contributed by atoms with E-state index in [9.17, 15) is 14.9 Å². The zero-order valence-electron chi connectivity index (χ0n) is 11.9. The first-order chi connectivity index (χ1) is 10.0. The highest BCUT2D eigenvalue weighted by molar-refractivity contribution is 5.96. The van der Waals surface area contributed by atoms with Crippen molar-refractivity contribution in [2.45, 2.75) is 6.92 Å². The average Bonchev–Trinajstić information content (AvgIpc) is 2.46. The zero-order chi connectivity index (χ0) is 15.8. The molecule has 0 aromatic heterocycles. The van der Waals surface area contributed by atoms with E-state index in [-0.39, 0.29) is 30.4 Å². The van der Waals surface area contributed by atoms with Crippen molar-refractivity contribution < 1.29 is 14.8 Å². The lowest BCUT2D eigenvalue weighted by atomic mass is 10.1. The van der Waals surface area contributed by atoms with E-state index in [0.29, 0.717) is 18.7 Å². The summed E-state index contributed by atoms with van der Waals surface area (Å²) in [6, 6.07) is 4.17. The Morgan fingerprint density at radius 3 is 2.81 bits per heavy atom. The first kappa shape index (κ1) is 16.6. The summed E-state index contributed by atoms with van der Waals surface area (Å²) in [6.45, 7) is 6.25. The van der Waals surface area contributed by atoms with Crippen molar-refractivity contribution in [3.63, 3.8) is 0 Å². The summed E-state index contributed by atoms with van der Waals surface area (Å²) in [5, 5.41) is 22.9. The van der Waals surface area contributed by atoms with Crippen molar-refractivity contribution in [3.05, 3.63) is 46.5 Å². The van der Waals surface area contributed by atoms with Crippen molar-refractivity contribution in [1.29, 1.82) is 0 Å². The summed E-state index contributed by atoms with van der Waals surface area (Å²) in [4.78, 5) is 24.1. The van der Waals surface area contributed by atoms with E-state index in [0.717, 1.165) is 0 Å². The molecule has 0 fully saturated rings. The summed E-state index contributed by atoms with van der Waals surface area (Å²) in [7, 11) is 0. The SMILES string of the molecule is C=CCN(CCO)c1cc(C(=O)NCC)ccc1[N+](=O)[O-]. The molecule has 0 radical (unpaired) electrons. The van der Waals surface area contributed by atoms with Gasteiger partial charge in [0, 0.05) is 31.3 Å². The van der Waals surface area contributed by atoms with Crippen LogP contribution in [0.2, 0.25) is 0 Å². The molecule has 7 heteroatoms. The molecule has 0 aliphatic rings. The Kier molecular flexibility index (Phi) is 6.35. The van der Waals surface area contributed by atoms with E-state index in [1.807, 2.05) is 0 Å². The van der Waals surface area contributed by atoms with E-state index in [2.05, 4.69) is 11.9 Å². The minimum absolute atomic E-state index is 0.113. The molecule has 1 rings (SSSR count). The summed E-state index contributed by atoms with van der Waals surface area (Å²) in [6.07, 6.45) is 1.58. The van der Waals surface area contributed by atoms with Gasteiger partial charge in [-0.2, -0.15) is 0 Å². The Morgan fingerprint density at radius 2 is 2.29 bits per heavy atom. The maximum Gasteiger partial charge on any atom is 0.292 e.